The first-order valence-electron chi connectivity index (χ1n) is 6.58. The fraction of sp³-hybridized carbons (Fsp3) is 0.375. The van der Waals surface area contributed by atoms with Crippen molar-refractivity contribution in [3.8, 4) is 0 Å². The summed E-state index contributed by atoms with van der Waals surface area (Å²) >= 11 is 1.61. The quantitative estimate of drug-likeness (QED) is 0.871. The van der Waals surface area contributed by atoms with Crippen molar-refractivity contribution in [3.63, 3.8) is 0 Å². The van der Waals surface area contributed by atoms with Crippen LogP contribution in [0.1, 0.15) is 41.3 Å². The van der Waals surface area contributed by atoms with Crippen molar-refractivity contribution in [2.75, 3.05) is 6.54 Å². The van der Waals surface area contributed by atoms with E-state index in [4.69, 9.17) is 0 Å². The Kier molecular flexibility index (Phi) is 4.75. The third-order valence-electron chi connectivity index (χ3n) is 3.58. The predicted molar refractivity (Wildman–Crippen MR) is 81.6 cm³/mol. The van der Waals surface area contributed by atoms with Crippen LogP contribution in [-0.4, -0.2) is 11.7 Å². The van der Waals surface area contributed by atoms with Gasteiger partial charge in [-0.05, 0) is 59.9 Å². The molecule has 2 aromatic rings. The van der Waals surface area contributed by atoms with Crippen LogP contribution < -0.4 is 5.32 Å². The maximum atomic E-state index is 10.0. The lowest BCUT2D eigenvalue weighted by atomic mass is 10.0. The number of aliphatic hydroxyl groups excluding tert-OH is 1. The maximum absolute atomic E-state index is 10.0. The molecule has 0 amide bonds. The molecule has 0 saturated carbocycles. The Hall–Kier alpha value is -1.16. The van der Waals surface area contributed by atoms with E-state index in [9.17, 15) is 5.11 Å². The van der Waals surface area contributed by atoms with Gasteiger partial charge in [-0.2, -0.15) is 11.3 Å². The van der Waals surface area contributed by atoms with Crippen molar-refractivity contribution in [1.29, 1.82) is 0 Å². The van der Waals surface area contributed by atoms with Gasteiger partial charge in [-0.3, -0.25) is 0 Å². The minimum atomic E-state index is -0.430. The second-order valence-electron chi connectivity index (χ2n) is 5.05. The van der Waals surface area contributed by atoms with Crippen LogP contribution in [0.2, 0.25) is 0 Å². The zero-order valence-electron chi connectivity index (χ0n) is 11.7. The average molecular weight is 275 g/mol. The number of aliphatic hydroxyl groups is 1. The molecule has 0 fully saturated rings. The highest BCUT2D eigenvalue weighted by Gasteiger charge is 2.11. The number of rotatable bonds is 5. The molecule has 2 unspecified atom stereocenters. The number of aryl methyl sites for hydroxylation is 2. The highest BCUT2D eigenvalue weighted by atomic mass is 32.1. The average Bonchev–Trinajstić information content (AvgIpc) is 2.92. The molecule has 0 aliphatic rings. The minimum absolute atomic E-state index is 0.243. The van der Waals surface area contributed by atoms with Gasteiger partial charge in [0, 0.05) is 12.6 Å². The lowest BCUT2D eigenvalue weighted by Gasteiger charge is -2.18. The fourth-order valence-corrected chi connectivity index (χ4v) is 2.73. The van der Waals surface area contributed by atoms with E-state index in [-0.39, 0.29) is 6.04 Å². The molecule has 102 valence electrons. The third kappa shape index (κ3) is 3.66. The largest absolute Gasteiger partial charge is 0.387 e. The van der Waals surface area contributed by atoms with Crippen molar-refractivity contribution in [2.24, 2.45) is 0 Å². The molecule has 1 heterocycles. The number of thiophene rings is 1. The lowest BCUT2D eigenvalue weighted by molar-refractivity contribution is 0.171. The summed E-state index contributed by atoms with van der Waals surface area (Å²) in [6.45, 7) is 6.96. The minimum Gasteiger partial charge on any atom is -0.387 e. The van der Waals surface area contributed by atoms with Crippen molar-refractivity contribution in [2.45, 2.75) is 32.9 Å². The number of hydrogen-bond acceptors (Lipinski definition) is 3. The standard InChI is InChI=1S/C16H21NOS/c1-11-4-5-14(8-12(11)2)13(3)17-9-16(18)15-6-7-19-10-15/h4-8,10,13,16-18H,9H2,1-3H3. The van der Waals surface area contributed by atoms with Crippen molar-refractivity contribution < 1.29 is 5.11 Å². The molecule has 2 rings (SSSR count). The summed E-state index contributed by atoms with van der Waals surface area (Å²) in [4.78, 5) is 0. The Labute approximate surface area is 119 Å². The number of hydrogen-bond donors (Lipinski definition) is 2. The molecule has 1 aromatic carbocycles. The summed E-state index contributed by atoms with van der Waals surface area (Å²) in [7, 11) is 0. The zero-order valence-corrected chi connectivity index (χ0v) is 12.5. The third-order valence-corrected chi connectivity index (χ3v) is 4.28. The zero-order chi connectivity index (χ0) is 13.8. The van der Waals surface area contributed by atoms with E-state index in [2.05, 4.69) is 44.3 Å². The van der Waals surface area contributed by atoms with E-state index >= 15 is 0 Å². The molecule has 0 spiro atoms. The van der Waals surface area contributed by atoms with Crippen molar-refractivity contribution in [3.05, 3.63) is 57.3 Å². The van der Waals surface area contributed by atoms with Crippen molar-refractivity contribution >= 4 is 11.3 Å². The molecule has 3 heteroatoms. The van der Waals surface area contributed by atoms with Crippen molar-refractivity contribution in [1.82, 2.24) is 5.32 Å². The van der Waals surface area contributed by atoms with Gasteiger partial charge < -0.3 is 10.4 Å². The Morgan fingerprint density at radius 3 is 2.58 bits per heavy atom. The molecule has 0 aliphatic carbocycles. The molecule has 19 heavy (non-hydrogen) atoms. The Morgan fingerprint density at radius 1 is 1.16 bits per heavy atom. The molecule has 0 bridgehead atoms. The van der Waals surface area contributed by atoms with Crippen LogP contribution >= 0.6 is 11.3 Å². The van der Waals surface area contributed by atoms with Gasteiger partial charge in [0.15, 0.2) is 0 Å². The van der Waals surface area contributed by atoms with E-state index in [1.165, 1.54) is 16.7 Å². The van der Waals surface area contributed by atoms with Gasteiger partial charge in [0.25, 0.3) is 0 Å². The van der Waals surface area contributed by atoms with E-state index < -0.39 is 6.10 Å². The molecule has 2 atom stereocenters. The van der Waals surface area contributed by atoms with Gasteiger partial charge in [0.1, 0.15) is 0 Å². The first kappa shape index (κ1) is 14.3. The summed E-state index contributed by atoms with van der Waals surface area (Å²) in [5.74, 6) is 0. The number of benzene rings is 1. The first-order valence-corrected chi connectivity index (χ1v) is 7.53. The van der Waals surface area contributed by atoms with Crippen LogP contribution in [0.25, 0.3) is 0 Å². The Bertz CT molecular complexity index is 522. The summed E-state index contributed by atoms with van der Waals surface area (Å²) in [5.41, 5.74) is 4.88. The van der Waals surface area contributed by atoms with Crippen LogP contribution in [0.4, 0.5) is 0 Å². The van der Waals surface area contributed by atoms with E-state index in [0.29, 0.717) is 6.54 Å². The first-order chi connectivity index (χ1) is 9.08. The summed E-state index contributed by atoms with van der Waals surface area (Å²) in [6, 6.07) is 8.73. The van der Waals surface area contributed by atoms with Gasteiger partial charge in [-0.1, -0.05) is 18.2 Å². The monoisotopic (exact) mass is 275 g/mol. The maximum Gasteiger partial charge on any atom is 0.0922 e. The normalized spacial score (nSPS) is 14.3. The van der Waals surface area contributed by atoms with Crippen LogP contribution in [0.5, 0.6) is 0 Å². The molecule has 1 aromatic heterocycles. The predicted octanol–water partition coefficient (Wildman–Crippen LogP) is 3.75. The van der Waals surface area contributed by atoms with E-state index in [1.807, 2.05) is 16.8 Å². The summed E-state index contributed by atoms with van der Waals surface area (Å²) in [6.07, 6.45) is -0.430. The van der Waals surface area contributed by atoms with E-state index in [0.717, 1.165) is 5.56 Å². The van der Waals surface area contributed by atoms with Gasteiger partial charge in [0.2, 0.25) is 0 Å². The molecular formula is C16H21NOS. The molecule has 0 saturated heterocycles. The van der Waals surface area contributed by atoms with E-state index in [1.54, 1.807) is 11.3 Å². The smallest absolute Gasteiger partial charge is 0.0922 e. The van der Waals surface area contributed by atoms with Crippen LogP contribution in [0, 0.1) is 13.8 Å². The van der Waals surface area contributed by atoms with Crippen LogP contribution in [0.15, 0.2) is 35.0 Å². The molecule has 0 radical (unpaired) electrons. The lowest BCUT2D eigenvalue weighted by Crippen LogP contribution is -2.24. The van der Waals surface area contributed by atoms with Crippen LogP contribution in [0.3, 0.4) is 0 Å². The van der Waals surface area contributed by atoms with Gasteiger partial charge in [-0.15, -0.1) is 0 Å². The highest BCUT2D eigenvalue weighted by molar-refractivity contribution is 7.07. The molecule has 2 N–H and O–H groups in total. The summed E-state index contributed by atoms with van der Waals surface area (Å²) in [5, 5.41) is 17.4. The fourth-order valence-electron chi connectivity index (χ4n) is 2.02. The topological polar surface area (TPSA) is 32.3 Å². The summed E-state index contributed by atoms with van der Waals surface area (Å²) < 4.78 is 0. The highest BCUT2D eigenvalue weighted by Crippen LogP contribution is 2.19. The second-order valence-corrected chi connectivity index (χ2v) is 5.83. The molecular weight excluding hydrogens is 254 g/mol. The molecule has 2 nitrogen and oxygen atoms in total. The van der Waals surface area contributed by atoms with Gasteiger partial charge >= 0.3 is 0 Å². The van der Waals surface area contributed by atoms with Gasteiger partial charge in [-0.25, -0.2) is 0 Å². The SMILES string of the molecule is Cc1ccc(C(C)NCC(O)c2ccsc2)cc1C. The second kappa shape index (κ2) is 6.33. The number of nitrogens with one attached hydrogen (secondary N) is 1. The Morgan fingerprint density at radius 2 is 1.95 bits per heavy atom. The van der Waals surface area contributed by atoms with Gasteiger partial charge in [0.05, 0.1) is 6.10 Å². The van der Waals surface area contributed by atoms with Crippen LogP contribution in [-0.2, 0) is 0 Å². The Balaban J connectivity index is 1.93. The molecule has 0 aliphatic heterocycles.